The number of rotatable bonds is 9. The van der Waals surface area contributed by atoms with Crippen molar-refractivity contribution < 1.29 is 8.95 Å². The molecule has 0 amide bonds. The van der Waals surface area contributed by atoms with Crippen LogP contribution >= 0.6 is 11.6 Å². The lowest BCUT2D eigenvalue weighted by Gasteiger charge is -2.22. The minimum atomic E-state index is -0.906. The molecular weight excluding hydrogens is 382 g/mol. The highest BCUT2D eigenvalue weighted by atomic mass is 35.5. The van der Waals surface area contributed by atoms with Gasteiger partial charge in [-0.1, -0.05) is 41.9 Å². The molecule has 0 aliphatic rings. The van der Waals surface area contributed by atoms with E-state index in [2.05, 4.69) is 10.3 Å². The summed E-state index contributed by atoms with van der Waals surface area (Å²) in [6.07, 6.45) is 0. The van der Waals surface area contributed by atoms with E-state index >= 15 is 0 Å². The Labute approximate surface area is 168 Å². The molecular formula is C20H26ClN3O2S. The van der Waals surface area contributed by atoms with E-state index in [0.29, 0.717) is 36.2 Å². The van der Waals surface area contributed by atoms with Crippen LogP contribution in [0.15, 0.2) is 59.6 Å². The monoisotopic (exact) mass is 407 g/mol. The molecule has 2 aromatic carbocycles. The van der Waals surface area contributed by atoms with Gasteiger partial charge in [-0.3, -0.25) is 9.20 Å². The predicted octanol–water partition coefficient (Wildman–Crippen LogP) is 3.17. The Morgan fingerprint density at radius 1 is 1.19 bits per heavy atom. The zero-order chi connectivity index (χ0) is 19.5. The van der Waals surface area contributed by atoms with Gasteiger partial charge in [0.05, 0.1) is 6.54 Å². The number of benzene rings is 2. The summed E-state index contributed by atoms with van der Waals surface area (Å²) in [6, 6.07) is 17.2. The van der Waals surface area contributed by atoms with Gasteiger partial charge in [-0.25, -0.2) is 0 Å². The first-order valence-corrected chi connectivity index (χ1v) is 10.6. The second kappa shape index (κ2) is 11.6. The van der Waals surface area contributed by atoms with Crippen LogP contribution in [0.3, 0.4) is 0 Å². The molecule has 1 N–H and O–H groups in total. The van der Waals surface area contributed by atoms with Gasteiger partial charge in [-0.15, -0.1) is 0 Å². The average molecular weight is 408 g/mol. The number of nitrogens with one attached hydrogen (secondary N) is 1. The Bertz CT molecular complexity index is 739. The number of hydrogen-bond acceptors (Lipinski definition) is 3. The normalized spacial score (nSPS) is 12.5. The zero-order valence-electron chi connectivity index (χ0n) is 15.7. The largest absolute Gasteiger partial charge is 0.492 e. The summed E-state index contributed by atoms with van der Waals surface area (Å²) in [5.41, 5.74) is 1.09. The van der Waals surface area contributed by atoms with Crippen LogP contribution in [0.5, 0.6) is 5.75 Å². The minimum absolute atomic E-state index is 0.527. The third-order valence-electron chi connectivity index (χ3n) is 3.87. The summed E-state index contributed by atoms with van der Waals surface area (Å²) >= 11 is 5.86. The molecule has 0 aliphatic heterocycles. The van der Waals surface area contributed by atoms with E-state index in [1.54, 1.807) is 19.2 Å². The number of ether oxygens (including phenoxy) is 1. The van der Waals surface area contributed by atoms with E-state index in [-0.39, 0.29) is 0 Å². The van der Waals surface area contributed by atoms with Crippen LogP contribution in [-0.4, -0.2) is 54.6 Å². The molecule has 5 nitrogen and oxygen atoms in total. The molecule has 0 saturated carbocycles. The van der Waals surface area contributed by atoms with Crippen LogP contribution in [0.1, 0.15) is 5.56 Å². The fraction of sp³-hybridized carbons (Fsp3) is 0.350. The van der Waals surface area contributed by atoms with E-state index in [9.17, 15) is 4.21 Å². The van der Waals surface area contributed by atoms with Crippen molar-refractivity contribution in [2.24, 2.45) is 4.99 Å². The molecule has 0 heterocycles. The van der Waals surface area contributed by atoms with Crippen LogP contribution in [0, 0.1) is 0 Å². The van der Waals surface area contributed by atoms with Gasteiger partial charge in [0.15, 0.2) is 5.96 Å². The van der Waals surface area contributed by atoms with Gasteiger partial charge < -0.3 is 15.0 Å². The third kappa shape index (κ3) is 8.01. The van der Waals surface area contributed by atoms with E-state index in [0.717, 1.165) is 17.3 Å². The first kappa shape index (κ1) is 21.3. The van der Waals surface area contributed by atoms with Crippen LogP contribution < -0.4 is 10.1 Å². The van der Waals surface area contributed by atoms with Gasteiger partial charge in [-0.2, -0.15) is 0 Å². The van der Waals surface area contributed by atoms with Crippen molar-refractivity contribution in [1.82, 2.24) is 10.2 Å². The summed E-state index contributed by atoms with van der Waals surface area (Å²) in [7, 11) is 2.78. The van der Waals surface area contributed by atoms with Gasteiger partial charge in [0.1, 0.15) is 12.4 Å². The summed E-state index contributed by atoms with van der Waals surface area (Å²) in [5, 5.41) is 3.94. The van der Waals surface area contributed by atoms with Gasteiger partial charge in [-0.05, 0) is 29.8 Å². The van der Waals surface area contributed by atoms with Crippen LogP contribution in [-0.2, 0) is 16.6 Å². The van der Waals surface area contributed by atoms with Gasteiger partial charge in [0.25, 0.3) is 0 Å². The smallest absolute Gasteiger partial charge is 0.193 e. The molecule has 1 atom stereocenters. The van der Waals surface area contributed by atoms with E-state index in [1.807, 2.05) is 54.4 Å². The molecule has 0 radical (unpaired) electrons. The van der Waals surface area contributed by atoms with E-state index < -0.39 is 10.8 Å². The fourth-order valence-corrected chi connectivity index (χ4v) is 3.60. The highest BCUT2D eigenvalue weighted by molar-refractivity contribution is 7.84. The SMILES string of the molecule is CN=C(NCCS(=O)Cc1ccccc1)N(C)CCOc1ccc(Cl)cc1. The van der Waals surface area contributed by atoms with Crippen molar-refractivity contribution in [1.29, 1.82) is 0 Å². The van der Waals surface area contributed by atoms with Crippen molar-refractivity contribution >= 4 is 28.4 Å². The average Bonchev–Trinajstić information content (AvgIpc) is 2.67. The molecule has 0 aliphatic carbocycles. The highest BCUT2D eigenvalue weighted by Crippen LogP contribution is 2.15. The van der Waals surface area contributed by atoms with Crippen molar-refractivity contribution in [3.8, 4) is 5.75 Å². The Morgan fingerprint density at radius 2 is 1.89 bits per heavy atom. The van der Waals surface area contributed by atoms with Crippen molar-refractivity contribution in [2.75, 3.05) is 39.5 Å². The fourth-order valence-electron chi connectivity index (χ4n) is 2.43. The predicted molar refractivity (Wildman–Crippen MR) is 114 cm³/mol. The Balaban J connectivity index is 1.67. The molecule has 27 heavy (non-hydrogen) atoms. The van der Waals surface area contributed by atoms with Crippen molar-refractivity contribution in [3.63, 3.8) is 0 Å². The minimum Gasteiger partial charge on any atom is -0.492 e. The Morgan fingerprint density at radius 3 is 2.56 bits per heavy atom. The maximum absolute atomic E-state index is 12.2. The van der Waals surface area contributed by atoms with E-state index in [1.165, 1.54) is 0 Å². The van der Waals surface area contributed by atoms with Crippen LogP contribution in [0.2, 0.25) is 5.02 Å². The zero-order valence-corrected chi connectivity index (χ0v) is 17.3. The van der Waals surface area contributed by atoms with E-state index in [4.69, 9.17) is 16.3 Å². The number of aliphatic imine (C=N–C) groups is 1. The standard InChI is InChI=1S/C20H26ClN3O2S/c1-22-20(23-12-15-27(25)16-17-6-4-3-5-7-17)24(2)13-14-26-19-10-8-18(21)9-11-19/h3-11H,12-16H2,1-2H3,(H,22,23). The summed E-state index contributed by atoms with van der Waals surface area (Å²) < 4.78 is 17.9. The molecule has 0 aromatic heterocycles. The number of guanidine groups is 1. The highest BCUT2D eigenvalue weighted by Gasteiger charge is 2.07. The van der Waals surface area contributed by atoms with Crippen LogP contribution in [0.4, 0.5) is 0 Å². The van der Waals surface area contributed by atoms with Crippen LogP contribution in [0.25, 0.3) is 0 Å². The maximum Gasteiger partial charge on any atom is 0.193 e. The molecule has 1 unspecified atom stereocenters. The second-order valence-electron chi connectivity index (χ2n) is 5.97. The summed E-state index contributed by atoms with van der Waals surface area (Å²) in [4.78, 5) is 6.25. The molecule has 146 valence electrons. The molecule has 0 fully saturated rings. The summed E-state index contributed by atoms with van der Waals surface area (Å²) in [5.74, 6) is 2.69. The summed E-state index contributed by atoms with van der Waals surface area (Å²) in [6.45, 7) is 1.81. The number of nitrogens with zero attached hydrogens (tertiary/aromatic N) is 2. The molecule has 7 heteroatoms. The first-order valence-electron chi connectivity index (χ1n) is 8.77. The molecule has 2 rings (SSSR count). The molecule has 0 spiro atoms. The Kier molecular flexibility index (Phi) is 9.15. The lowest BCUT2D eigenvalue weighted by atomic mass is 10.2. The first-order chi connectivity index (χ1) is 13.1. The lowest BCUT2D eigenvalue weighted by molar-refractivity contribution is 0.281. The Hall–Kier alpha value is -2.05. The van der Waals surface area contributed by atoms with Crippen molar-refractivity contribution in [2.45, 2.75) is 5.75 Å². The maximum atomic E-state index is 12.2. The van der Waals surface area contributed by atoms with Gasteiger partial charge >= 0.3 is 0 Å². The number of halogens is 1. The second-order valence-corrected chi connectivity index (χ2v) is 7.98. The van der Waals surface area contributed by atoms with Gasteiger partial charge in [0.2, 0.25) is 0 Å². The quantitative estimate of drug-likeness (QED) is 0.512. The molecule has 0 saturated heterocycles. The number of likely N-dealkylation sites (N-methyl/N-ethyl adjacent to an activating group) is 1. The van der Waals surface area contributed by atoms with Gasteiger partial charge in [0, 0.05) is 48.0 Å². The molecule has 0 bridgehead atoms. The van der Waals surface area contributed by atoms with Crippen molar-refractivity contribution in [3.05, 3.63) is 65.2 Å². The topological polar surface area (TPSA) is 53.9 Å². The molecule has 2 aromatic rings. The lowest BCUT2D eigenvalue weighted by Crippen LogP contribution is -2.42. The number of hydrogen-bond donors (Lipinski definition) is 1. The third-order valence-corrected chi connectivity index (χ3v) is 5.43.